The molecule has 1 aliphatic heterocycles. The number of H-pyrrole nitrogens is 2. The molecule has 1 unspecified atom stereocenters. The molecule has 8 nitrogen and oxygen atoms in total. The van der Waals surface area contributed by atoms with Gasteiger partial charge in [-0.15, -0.1) is 0 Å². The Kier molecular flexibility index (Phi) is 3.88. The van der Waals surface area contributed by atoms with Gasteiger partial charge < -0.3 is 10.1 Å². The minimum atomic E-state index is -3.94. The minimum Gasteiger partial charge on any atom is -0.396 e. The van der Waals surface area contributed by atoms with Gasteiger partial charge in [0.15, 0.2) is 4.90 Å². The van der Waals surface area contributed by atoms with Gasteiger partial charge in [-0.2, -0.15) is 4.31 Å². The lowest BCUT2D eigenvalue weighted by molar-refractivity contribution is 0.165. The van der Waals surface area contributed by atoms with Gasteiger partial charge in [-0.3, -0.25) is 9.78 Å². The molecule has 0 saturated carbocycles. The van der Waals surface area contributed by atoms with Crippen molar-refractivity contribution in [2.45, 2.75) is 17.7 Å². The lowest BCUT2D eigenvalue weighted by Crippen LogP contribution is -2.43. The van der Waals surface area contributed by atoms with Gasteiger partial charge in [-0.1, -0.05) is 0 Å². The van der Waals surface area contributed by atoms with Crippen LogP contribution in [0.15, 0.2) is 20.7 Å². The Hall–Kier alpha value is -1.45. The number of rotatable bonds is 3. The second-order valence-corrected chi connectivity index (χ2v) is 6.40. The Labute approximate surface area is 109 Å². The van der Waals surface area contributed by atoms with Gasteiger partial charge in [0, 0.05) is 25.9 Å². The molecule has 0 aliphatic carbocycles. The van der Waals surface area contributed by atoms with Crippen LogP contribution >= 0.6 is 0 Å². The van der Waals surface area contributed by atoms with E-state index in [1.807, 2.05) is 4.98 Å². The average Bonchev–Trinajstić information content (AvgIpc) is 2.38. The number of hydrogen-bond donors (Lipinski definition) is 3. The number of nitrogens with one attached hydrogen (secondary N) is 2. The number of piperidine rings is 1. The Morgan fingerprint density at radius 1 is 1.42 bits per heavy atom. The summed E-state index contributed by atoms with van der Waals surface area (Å²) in [5.74, 6) is -0.120. The van der Waals surface area contributed by atoms with E-state index in [0.29, 0.717) is 13.0 Å². The summed E-state index contributed by atoms with van der Waals surface area (Å²) < 4.78 is 25.7. The molecular weight excluding hydrogens is 274 g/mol. The van der Waals surface area contributed by atoms with Crippen LogP contribution in [0.25, 0.3) is 0 Å². The lowest BCUT2D eigenvalue weighted by atomic mass is 10.0. The number of sulfonamides is 1. The fraction of sp³-hybridized carbons (Fsp3) is 0.600. The molecule has 2 rings (SSSR count). The highest BCUT2D eigenvalue weighted by Crippen LogP contribution is 2.21. The molecule has 0 radical (unpaired) electrons. The van der Waals surface area contributed by atoms with Gasteiger partial charge >= 0.3 is 5.69 Å². The Balaban J connectivity index is 2.37. The van der Waals surface area contributed by atoms with Gasteiger partial charge in [-0.25, -0.2) is 13.2 Å². The Bertz CT molecular complexity index is 662. The highest BCUT2D eigenvalue weighted by molar-refractivity contribution is 7.89. The Morgan fingerprint density at radius 2 is 2.16 bits per heavy atom. The summed E-state index contributed by atoms with van der Waals surface area (Å²) >= 11 is 0. The standard InChI is InChI=1S/C10H15N3O5S/c14-6-7-2-1-3-13(5-7)19(17,18)8-4-11-10(16)12-9(8)15/h4,7,14H,1-3,5-6H2,(H2,11,12,15,16). The van der Waals surface area contributed by atoms with Crippen molar-refractivity contribution in [3.05, 3.63) is 27.0 Å². The summed E-state index contributed by atoms with van der Waals surface area (Å²) in [6.45, 7) is 0.392. The first-order valence-electron chi connectivity index (χ1n) is 5.88. The van der Waals surface area contributed by atoms with Crippen LogP contribution in [0.5, 0.6) is 0 Å². The molecule has 0 spiro atoms. The van der Waals surface area contributed by atoms with E-state index in [-0.39, 0.29) is 19.1 Å². The maximum atomic E-state index is 12.3. The second-order valence-electron chi connectivity index (χ2n) is 4.49. The molecule has 106 valence electrons. The van der Waals surface area contributed by atoms with Crippen LogP contribution in [-0.2, 0) is 10.0 Å². The number of hydrogen-bond acceptors (Lipinski definition) is 5. The maximum absolute atomic E-state index is 12.3. The van der Waals surface area contributed by atoms with E-state index in [1.54, 1.807) is 0 Å². The van der Waals surface area contributed by atoms with Crippen molar-refractivity contribution >= 4 is 10.0 Å². The minimum absolute atomic E-state index is 0.0893. The van der Waals surface area contributed by atoms with E-state index in [1.165, 1.54) is 4.31 Å². The van der Waals surface area contributed by atoms with Crippen LogP contribution in [0.2, 0.25) is 0 Å². The number of aromatic amines is 2. The van der Waals surface area contributed by atoms with Crippen LogP contribution < -0.4 is 11.2 Å². The monoisotopic (exact) mass is 289 g/mol. The molecule has 1 aromatic heterocycles. The second kappa shape index (κ2) is 5.27. The van der Waals surface area contributed by atoms with E-state index < -0.39 is 26.2 Å². The van der Waals surface area contributed by atoms with Crippen molar-refractivity contribution in [3.8, 4) is 0 Å². The summed E-state index contributed by atoms with van der Waals surface area (Å²) in [5, 5.41) is 9.10. The van der Waals surface area contributed by atoms with Crippen molar-refractivity contribution in [2.24, 2.45) is 5.92 Å². The molecule has 19 heavy (non-hydrogen) atoms. The molecule has 0 aromatic carbocycles. The zero-order chi connectivity index (χ0) is 14.0. The molecule has 9 heteroatoms. The fourth-order valence-corrected chi connectivity index (χ4v) is 3.67. The van der Waals surface area contributed by atoms with E-state index in [9.17, 15) is 18.0 Å². The van der Waals surface area contributed by atoms with Crippen molar-refractivity contribution in [1.29, 1.82) is 0 Å². The average molecular weight is 289 g/mol. The van der Waals surface area contributed by atoms with Crippen LogP contribution in [0, 0.1) is 5.92 Å². The highest BCUT2D eigenvalue weighted by Gasteiger charge is 2.31. The van der Waals surface area contributed by atoms with Gasteiger partial charge in [0.1, 0.15) is 0 Å². The topological polar surface area (TPSA) is 123 Å². The third-order valence-electron chi connectivity index (χ3n) is 3.14. The molecule has 0 amide bonds. The zero-order valence-corrected chi connectivity index (χ0v) is 10.9. The zero-order valence-electron chi connectivity index (χ0n) is 10.1. The van der Waals surface area contributed by atoms with E-state index in [0.717, 1.165) is 12.6 Å². The summed E-state index contributed by atoms with van der Waals surface area (Å²) in [7, 11) is -3.94. The van der Waals surface area contributed by atoms with Gasteiger partial charge in [0.05, 0.1) is 0 Å². The van der Waals surface area contributed by atoms with Crippen LogP contribution in [-0.4, -0.2) is 47.5 Å². The number of nitrogens with zero attached hydrogens (tertiary/aromatic N) is 1. The molecule has 1 saturated heterocycles. The molecule has 1 aliphatic rings. The van der Waals surface area contributed by atoms with Gasteiger partial charge in [-0.05, 0) is 18.8 Å². The SMILES string of the molecule is O=c1[nH]cc(S(=O)(=O)N2CCCC(CO)C2)c(=O)[nH]1. The van der Waals surface area contributed by atoms with E-state index in [2.05, 4.69) is 4.98 Å². The van der Waals surface area contributed by atoms with Crippen molar-refractivity contribution < 1.29 is 13.5 Å². The Morgan fingerprint density at radius 3 is 2.79 bits per heavy atom. The number of aliphatic hydroxyl groups is 1. The molecular formula is C10H15N3O5S. The fourth-order valence-electron chi connectivity index (χ4n) is 2.12. The predicted molar refractivity (Wildman–Crippen MR) is 66.3 cm³/mol. The first-order chi connectivity index (χ1) is 8.95. The van der Waals surface area contributed by atoms with Crippen LogP contribution in [0.1, 0.15) is 12.8 Å². The van der Waals surface area contributed by atoms with Gasteiger partial charge in [0.2, 0.25) is 10.0 Å². The van der Waals surface area contributed by atoms with E-state index in [4.69, 9.17) is 5.11 Å². The quantitative estimate of drug-likeness (QED) is 0.622. The third kappa shape index (κ3) is 2.77. The van der Waals surface area contributed by atoms with Crippen LogP contribution in [0.4, 0.5) is 0 Å². The third-order valence-corrected chi connectivity index (χ3v) is 5.01. The number of aliphatic hydroxyl groups excluding tert-OH is 1. The largest absolute Gasteiger partial charge is 0.396 e. The molecule has 1 atom stereocenters. The summed E-state index contributed by atoms with van der Waals surface area (Å²) in [6, 6.07) is 0. The molecule has 2 heterocycles. The van der Waals surface area contributed by atoms with Crippen LogP contribution in [0.3, 0.4) is 0 Å². The highest BCUT2D eigenvalue weighted by atomic mass is 32.2. The van der Waals surface area contributed by atoms with Crippen molar-refractivity contribution in [1.82, 2.24) is 14.3 Å². The molecule has 0 bridgehead atoms. The number of aromatic nitrogens is 2. The predicted octanol–water partition coefficient (Wildman–Crippen LogP) is -1.54. The van der Waals surface area contributed by atoms with Crippen molar-refractivity contribution in [3.63, 3.8) is 0 Å². The smallest absolute Gasteiger partial charge is 0.325 e. The van der Waals surface area contributed by atoms with Crippen molar-refractivity contribution in [2.75, 3.05) is 19.7 Å². The van der Waals surface area contributed by atoms with Gasteiger partial charge in [0.25, 0.3) is 5.56 Å². The first-order valence-corrected chi connectivity index (χ1v) is 7.32. The summed E-state index contributed by atoms with van der Waals surface area (Å²) in [5.41, 5.74) is -1.69. The molecule has 1 aromatic rings. The molecule has 1 fully saturated rings. The first kappa shape index (κ1) is 14.0. The summed E-state index contributed by atoms with van der Waals surface area (Å²) in [4.78, 5) is 26.0. The lowest BCUT2D eigenvalue weighted by Gasteiger charge is -2.30. The summed E-state index contributed by atoms with van der Waals surface area (Å²) in [6.07, 6.45) is 2.29. The maximum Gasteiger partial charge on any atom is 0.325 e. The molecule has 3 N–H and O–H groups in total. The normalized spacial score (nSPS) is 21.4. The van der Waals surface area contributed by atoms with E-state index >= 15 is 0 Å².